The Morgan fingerprint density at radius 3 is 2.84 bits per heavy atom. The van der Waals surface area contributed by atoms with Gasteiger partial charge in [0.15, 0.2) is 0 Å². The zero-order valence-electron chi connectivity index (χ0n) is 10.5. The molecule has 2 rings (SSSR count). The SMILES string of the molecule is N#Cc1cc([N+](=O)[O-])c(NCCCO)c2c1CCC2. The van der Waals surface area contributed by atoms with Gasteiger partial charge in [0.25, 0.3) is 5.69 Å². The van der Waals surface area contributed by atoms with Gasteiger partial charge in [-0.05, 0) is 36.8 Å². The van der Waals surface area contributed by atoms with Crippen molar-refractivity contribution in [2.75, 3.05) is 18.5 Å². The highest BCUT2D eigenvalue weighted by Gasteiger charge is 2.26. The van der Waals surface area contributed by atoms with Gasteiger partial charge >= 0.3 is 0 Å². The molecular weight excluding hydrogens is 246 g/mol. The summed E-state index contributed by atoms with van der Waals surface area (Å²) in [5.41, 5.74) is 2.70. The molecule has 0 unspecified atom stereocenters. The zero-order valence-corrected chi connectivity index (χ0v) is 10.5. The number of nitriles is 1. The molecule has 0 atom stereocenters. The Kier molecular flexibility index (Phi) is 3.97. The van der Waals surface area contributed by atoms with Crippen molar-refractivity contribution in [1.82, 2.24) is 0 Å². The highest BCUT2D eigenvalue weighted by atomic mass is 16.6. The van der Waals surface area contributed by atoms with Gasteiger partial charge < -0.3 is 10.4 Å². The summed E-state index contributed by atoms with van der Waals surface area (Å²) < 4.78 is 0. The van der Waals surface area contributed by atoms with Crippen LogP contribution in [0.15, 0.2) is 6.07 Å². The van der Waals surface area contributed by atoms with Gasteiger partial charge in [0, 0.05) is 19.2 Å². The third-order valence-electron chi connectivity index (χ3n) is 3.34. The maximum Gasteiger partial charge on any atom is 0.293 e. The van der Waals surface area contributed by atoms with Crippen molar-refractivity contribution in [3.8, 4) is 6.07 Å². The zero-order chi connectivity index (χ0) is 13.8. The maximum absolute atomic E-state index is 11.1. The average molecular weight is 261 g/mol. The lowest BCUT2D eigenvalue weighted by molar-refractivity contribution is -0.384. The third kappa shape index (κ3) is 2.51. The summed E-state index contributed by atoms with van der Waals surface area (Å²) in [6.45, 7) is 0.523. The number of nitrogens with zero attached hydrogens (tertiary/aromatic N) is 2. The van der Waals surface area contributed by atoms with Crippen LogP contribution in [0.5, 0.6) is 0 Å². The molecule has 0 radical (unpaired) electrons. The molecule has 0 bridgehead atoms. The molecule has 0 spiro atoms. The van der Waals surface area contributed by atoms with Crippen LogP contribution in [0, 0.1) is 21.4 Å². The molecule has 0 amide bonds. The Labute approximate surface area is 110 Å². The van der Waals surface area contributed by atoms with Crippen molar-refractivity contribution >= 4 is 11.4 Å². The number of hydrogen-bond acceptors (Lipinski definition) is 5. The van der Waals surface area contributed by atoms with E-state index in [2.05, 4.69) is 5.32 Å². The lowest BCUT2D eigenvalue weighted by Gasteiger charge is -2.12. The summed E-state index contributed by atoms with van der Waals surface area (Å²) in [5, 5.41) is 32.0. The summed E-state index contributed by atoms with van der Waals surface area (Å²) in [7, 11) is 0. The number of hydrogen-bond donors (Lipinski definition) is 2. The fraction of sp³-hybridized carbons (Fsp3) is 0.462. The number of nitro benzene ring substituents is 1. The molecule has 100 valence electrons. The van der Waals surface area contributed by atoms with Crippen LogP contribution in [-0.2, 0) is 12.8 Å². The van der Waals surface area contributed by atoms with E-state index in [9.17, 15) is 10.1 Å². The second-order valence-electron chi connectivity index (χ2n) is 4.50. The van der Waals surface area contributed by atoms with Crippen LogP contribution in [-0.4, -0.2) is 23.2 Å². The van der Waals surface area contributed by atoms with Crippen LogP contribution in [0.3, 0.4) is 0 Å². The topological polar surface area (TPSA) is 99.2 Å². The van der Waals surface area contributed by atoms with Gasteiger partial charge in [-0.15, -0.1) is 0 Å². The number of aliphatic hydroxyl groups excluding tert-OH is 1. The van der Waals surface area contributed by atoms with Crippen molar-refractivity contribution < 1.29 is 10.0 Å². The maximum atomic E-state index is 11.1. The summed E-state index contributed by atoms with van der Waals surface area (Å²) in [5.74, 6) is 0. The summed E-state index contributed by atoms with van der Waals surface area (Å²) >= 11 is 0. The highest BCUT2D eigenvalue weighted by Crippen LogP contribution is 2.38. The number of aliphatic hydroxyl groups is 1. The number of fused-ring (bicyclic) bond motifs is 1. The first kappa shape index (κ1) is 13.3. The molecule has 0 fully saturated rings. The van der Waals surface area contributed by atoms with E-state index in [0.29, 0.717) is 24.2 Å². The lowest BCUT2D eigenvalue weighted by Crippen LogP contribution is -2.09. The van der Waals surface area contributed by atoms with Crippen LogP contribution in [0.25, 0.3) is 0 Å². The number of rotatable bonds is 5. The van der Waals surface area contributed by atoms with Crippen LogP contribution in [0.1, 0.15) is 29.5 Å². The molecular formula is C13H15N3O3. The van der Waals surface area contributed by atoms with E-state index in [1.807, 2.05) is 6.07 Å². The standard InChI is InChI=1S/C13H15N3O3/c14-8-9-7-12(16(18)19)13(15-5-2-6-17)11-4-1-3-10(9)11/h7,15,17H,1-6H2. The second kappa shape index (κ2) is 5.67. The minimum atomic E-state index is -0.458. The lowest BCUT2D eigenvalue weighted by atomic mass is 10.0. The molecule has 0 heterocycles. The number of benzene rings is 1. The Morgan fingerprint density at radius 1 is 1.47 bits per heavy atom. The third-order valence-corrected chi connectivity index (χ3v) is 3.34. The van der Waals surface area contributed by atoms with E-state index in [-0.39, 0.29) is 12.3 Å². The Balaban J connectivity index is 2.47. The molecule has 0 saturated heterocycles. The van der Waals surface area contributed by atoms with E-state index < -0.39 is 4.92 Å². The van der Waals surface area contributed by atoms with E-state index in [4.69, 9.17) is 10.4 Å². The molecule has 2 N–H and O–H groups in total. The molecule has 0 aliphatic heterocycles. The van der Waals surface area contributed by atoms with Crippen LogP contribution in [0.2, 0.25) is 0 Å². The fourth-order valence-corrected chi connectivity index (χ4v) is 2.50. The average Bonchev–Trinajstić information content (AvgIpc) is 2.87. The second-order valence-corrected chi connectivity index (χ2v) is 4.50. The normalized spacial score (nSPS) is 12.8. The Hall–Kier alpha value is -2.13. The first-order valence-corrected chi connectivity index (χ1v) is 6.27. The molecule has 1 aliphatic rings. The largest absolute Gasteiger partial charge is 0.396 e. The highest BCUT2D eigenvalue weighted by molar-refractivity contribution is 5.73. The molecule has 1 aliphatic carbocycles. The first-order valence-electron chi connectivity index (χ1n) is 6.27. The number of nitro groups is 1. The van der Waals surface area contributed by atoms with E-state index in [0.717, 1.165) is 30.4 Å². The van der Waals surface area contributed by atoms with Crippen molar-refractivity contribution in [3.05, 3.63) is 32.9 Å². The van der Waals surface area contributed by atoms with Crippen molar-refractivity contribution in [2.45, 2.75) is 25.7 Å². The van der Waals surface area contributed by atoms with Crippen molar-refractivity contribution in [1.29, 1.82) is 5.26 Å². The molecule has 0 aromatic heterocycles. The van der Waals surface area contributed by atoms with Gasteiger partial charge in [0.1, 0.15) is 5.69 Å². The van der Waals surface area contributed by atoms with E-state index in [1.165, 1.54) is 6.07 Å². The molecule has 6 nitrogen and oxygen atoms in total. The van der Waals surface area contributed by atoms with Crippen LogP contribution in [0.4, 0.5) is 11.4 Å². The van der Waals surface area contributed by atoms with Crippen LogP contribution >= 0.6 is 0 Å². The Morgan fingerprint density at radius 2 is 2.21 bits per heavy atom. The number of anilines is 1. The minimum absolute atomic E-state index is 0.0409. The van der Waals surface area contributed by atoms with Gasteiger partial charge in [-0.3, -0.25) is 10.1 Å². The fourth-order valence-electron chi connectivity index (χ4n) is 2.50. The summed E-state index contributed by atoms with van der Waals surface area (Å²) in [4.78, 5) is 10.7. The minimum Gasteiger partial charge on any atom is -0.396 e. The monoisotopic (exact) mass is 261 g/mol. The predicted octanol–water partition coefficient (Wildman–Crippen LogP) is 1.75. The summed E-state index contributed by atoms with van der Waals surface area (Å²) in [6.07, 6.45) is 3.00. The van der Waals surface area contributed by atoms with Gasteiger partial charge in [-0.1, -0.05) is 0 Å². The van der Waals surface area contributed by atoms with Gasteiger partial charge in [-0.2, -0.15) is 5.26 Å². The van der Waals surface area contributed by atoms with E-state index in [1.54, 1.807) is 0 Å². The van der Waals surface area contributed by atoms with Gasteiger partial charge in [0.05, 0.1) is 16.6 Å². The Bertz CT molecular complexity index is 549. The summed E-state index contributed by atoms with van der Waals surface area (Å²) in [6, 6.07) is 3.40. The molecule has 6 heteroatoms. The molecule has 0 saturated carbocycles. The molecule has 19 heavy (non-hydrogen) atoms. The number of nitrogens with one attached hydrogen (secondary N) is 1. The predicted molar refractivity (Wildman–Crippen MR) is 70.0 cm³/mol. The molecule has 1 aromatic rings. The van der Waals surface area contributed by atoms with Gasteiger partial charge in [0.2, 0.25) is 0 Å². The smallest absolute Gasteiger partial charge is 0.293 e. The van der Waals surface area contributed by atoms with Gasteiger partial charge in [-0.25, -0.2) is 0 Å². The van der Waals surface area contributed by atoms with Crippen molar-refractivity contribution in [2.24, 2.45) is 0 Å². The van der Waals surface area contributed by atoms with Crippen LogP contribution < -0.4 is 5.32 Å². The van der Waals surface area contributed by atoms with E-state index >= 15 is 0 Å². The first-order chi connectivity index (χ1) is 9.19. The quantitative estimate of drug-likeness (QED) is 0.478. The van der Waals surface area contributed by atoms with Crippen molar-refractivity contribution in [3.63, 3.8) is 0 Å². The molecule has 1 aromatic carbocycles.